The topological polar surface area (TPSA) is 58.9 Å². The van der Waals surface area contributed by atoms with E-state index in [1.165, 1.54) is 0 Å². The maximum atomic E-state index is 10.3. The minimum absolute atomic E-state index is 0.168. The summed E-state index contributed by atoms with van der Waals surface area (Å²) in [6, 6.07) is 1.61. The van der Waals surface area contributed by atoms with Crippen molar-refractivity contribution in [1.29, 1.82) is 0 Å². The van der Waals surface area contributed by atoms with Gasteiger partial charge in [-0.2, -0.15) is 0 Å². The maximum absolute atomic E-state index is 10.3. The highest BCUT2D eigenvalue weighted by molar-refractivity contribution is 6.42. The summed E-state index contributed by atoms with van der Waals surface area (Å²) < 4.78 is 12.1. The third-order valence-corrected chi connectivity index (χ3v) is 5.08. The normalized spacial score (nSPS) is 12.2. The highest BCUT2D eigenvalue weighted by atomic mass is 35.5. The van der Waals surface area contributed by atoms with E-state index in [0.717, 1.165) is 5.56 Å². The zero-order valence-corrected chi connectivity index (χ0v) is 15.2. The fourth-order valence-corrected chi connectivity index (χ4v) is 3.49. The van der Waals surface area contributed by atoms with Crippen LogP contribution in [0.25, 0.3) is 0 Å². The molecule has 2 aromatic rings. The van der Waals surface area contributed by atoms with Gasteiger partial charge in [0.2, 0.25) is 0 Å². The number of rotatable bonds is 3. The summed E-state index contributed by atoms with van der Waals surface area (Å²) >= 11 is 12.5. The van der Waals surface area contributed by atoms with Crippen LogP contribution in [0.5, 0.6) is 34.5 Å². The molecule has 0 spiro atoms. The Hall–Kier alpha value is -1.78. The molecule has 4 nitrogen and oxygen atoms in total. The summed E-state index contributed by atoms with van der Waals surface area (Å²) in [4.78, 5) is 0. The molecule has 3 rings (SSSR count). The molecular formula is C18H18Cl2O4. The smallest absolute Gasteiger partial charge is 0.177 e. The first kappa shape index (κ1) is 17.1. The standard InChI is InChI=1S/C18H18Cl2O4/c1-4-8-13(20)11(19)7-12-16(8)24-18-10(6-3)15(22)14(21)9(5-2)17(18)23-12/h7,21-22H,4-6H2,1-3H3. The molecule has 0 amide bonds. The first-order valence-electron chi connectivity index (χ1n) is 7.90. The van der Waals surface area contributed by atoms with E-state index in [9.17, 15) is 10.2 Å². The van der Waals surface area contributed by atoms with Crippen molar-refractivity contribution in [2.45, 2.75) is 40.0 Å². The molecule has 0 atom stereocenters. The van der Waals surface area contributed by atoms with Gasteiger partial charge in [-0.05, 0) is 19.3 Å². The van der Waals surface area contributed by atoms with Crippen LogP contribution in [0.3, 0.4) is 0 Å². The van der Waals surface area contributed by atoms with Crippen molar-refractivity contribution < 1.29 is 19.7 Å². The second-order valence-corrected chi connectivity index (χ2v) is 6.34. The van der Waals surface area contributed by atoms with Gasteiger partial charge < -0.3 is 19.7 Å². The number of halogens is 2. The van der Waals surface area contributed by atoms with Crippen molar-refractivity contribution in [2.75, 3.05) is 0 Å². The van der Waals surface area contributed by atoms with Gasteiger partial charge in [0.1, 0.15) is 0 Å². The van der Waals surface area contributed by atoms with Crippen molar-refractivity contribution in [2.24, 2.45) is 0 Å². The molecule has 0 aromatic heterocycles. The summed E-state index contributed by atoms with van der Waals surface area (Å²) in [7, 11) is 0. The first-order valence-corrected chi connectivity index (χ1v) is 8.66. The average molecular weight is 369 g/mol. The highest BCUT2D eigenvalue weighted by Gasteiger charge is 2.32. The molecule has 1 aliphatic rings. The van der Waals surface area contributed by atoms with Crippen LogP contribution in [0, 0.1) is 0 Å². The zero-order valence-electron chi connectivity index (χ0n) is 13.7. The van der Waals surface area contributed by atoms with Crippen molar-refractivity contribution in [3.05, 3.63) is 32.8 Å². The quantitative estimate of drug-likeness (QED) is 0.557. The summed E-state index contributed by atoms with van der Waals surface area (Å²) in [5, 5.41) is 21.4. The van der Waals surface area contributed by atoms with Gasteiger partial charge in [0.05, 0.1) is 10.0 Å². The van der Waals surface area contributed by atoms with Gasteiger partial charge in [-0.1, -0.05) is 44.0 Å². The number of phenolic OH excluding ortho intramolecular Hbond substituents is 2. The Morgan fingerprint density at radius 1 is 0.792 bits per heavy atom. The lowest BCUT2D eigenvalue weighted by Gasteiger charge is -2.28. The third kappa shape index (κ3) is 2.36. The summed E-state index contributed by atoms with van der Waals surface area (Å²) in [5.41, 5.74) is 1.74. The molecule has 0 radical (unpaired) electrons. The third-order valence-electron chi connectivity index (χ3n) is 4.26. The molecule has 0 saturated carbocycles. The number of phenols is 2. The fraction of sp³-hybridized carbons (Fsp3) is 0.333. The molecule has 128 valence electrons. The van der Waals surface area contributed by atoms with Crippen LogP contribution in [0.2, 0.25) is 10.0 Å². The Labute approximate surface area is 150 Å². The van der Waals surface area contributed by atoms with E-state index >= 15 is 0 Å². The van der Waals surface area contributed by atoms with Crippen molar-refractivity contribution in [1.82, 2.24) is 0 Å². The number of aromatic hydroxyl groups is 2. The van der Waals surface area contributed by atoms with E-state index in [0.29, 0.717) is 63.4 Å². The monoisotopic (exact) mass is 368 g/mol. The number of ether oxygens (including phenoxy) is 2. The second-order valence-electron chi connectivity index (χ2n) is 5.56. The predicted octanol–water partition coefficient (Wildman–Crippen LogP) is 5.99. The van der Waals surface area contributed by atoms with Gasteiger partial charge in [0.25, 0.3) is 0 Å². The van der Waals surface area contributed by atoms with Gasteiger partial charge in [-0.3, -0.25) is 0 Å². The molecule has 1 heterocycles. The minimum Gasteiger partial charge on any atom is -0.504 e. The van der Waals surface area contributed by atoms with E-state index < -0.39 is 0 Å². The minimum atomic E-state index is -0.170. The molecule has 1 aliphatic heterocycles. The maximum Gasteiger partial charge on any atom is 0.177 e. The molecule has 0 saturated heterocycles. The van der Waals surface area contributed by atoms with Crippen molar-refractivity contribution in [3.8, 4) is 34.5 Å². The Balaban J connectivity index is 2.29. The van der Waals surface area contributed by atoms with Gasteiger partial charge in [0, 0.05) is 22.8 Å². The van der Waals surface area contributed by atoms with Crippen LogP contribution < -0.4 is 9.47 Å². The SMILES string of the molecule is CCc1c(Cl)c(Cl)cc2c1Oc1c(CC)c(O)c(O)c(CC)c1O2. The Morgan fingerprint density at radius 3 is 1.79 bits per heavy atom. The van der Waals surface area contributed by atoms with E-state index in [-0.39, 0.29) is 11.5 Å². The second kappa shape index (κ2) is 6.26. The number of benzene rings is 2. The number of hydrogen-bond donors (Lipinski definition) is 2. The van der Waals surface area contributed by atoms with Gasteiger partial charge >= 0.3 is 0 Å². The Bertz CT molecular complexity index is 831. The number of fused-ring (bicyclic) bond motifs is 2. The lowest BCUT2D eigenvalue weighted by molar-refractivity contribution is 0.334. The fourth-order valence-electron chi connectivity index (χ4n) is 3.00. The van der Waals surface area contributed by atoms with Crippen LogP contribution in [0.15, 0.2) is 6.07 Å². The summed E-state index contributed by atoms with van der Waals surface area (Å²) in [6.07, 6.45) is 1.58. The summed E-state index contributed by atoms with van der Waals surface area (Å²) in [6.45, 7) is 5.68. The van der Waals surface area contributed by atoms with Gasteiger partial charge in [-0.25, -0.2) is 0 Å². The largest absolute Gasteiger partial charge is 0.504 e. The molecule has 0 aliphatic carbocycles. The highest BCUT2D eigenvalue weighted by Crippen LogP contribution is 2.57. The van der Waals surface area contributed by atoms with Gasteiger partial charge in [-0.15, -0.1) is 0 Å². The molecular weight excluding hydrogens is 351 g/mol. The molecule has 24 heavy (non-hydrogen) atoms. The molecule has 0 fully saturated rings. The van der Waals surface area contributed by atoms with Crippen molar-refractivity contribution in [3.63, 3.8) is 0 Å². The van der Waals surface area contributed by atoms with E-state index in [1.54, 1.807) is 6.07 Å². The first-order chi connectivity index (χ1) is 11.4. The van der Waals surface area contributed by atoms with E-state index in [1.807, 2.05) is 20.8 Å². The number of hydrogen-bond acceptors (Lipinski definition) is 4. The molecule has 6 heteroatoms. The van der Waals surface area contributed by atoms with E-state index in [2.05, 4.69) is 0 Å². The van der Waals surface area contributed by atoms with Crippen LogP contribution in [-0.2, 0) is 19.3 Å². The Kier molecular flexibility index (Phi) is 4.45. The van der Waals surface area contributed by atoms with E-state index in [4.69, 9.17) is 32.7 Å². The predicted molar refractivity (Wildman–Crippen MR) is 94.5 cm³/mol. The van der Waals surface area contributed by atoms with Crippen LogP contribution in [0.4, 0.5) is 0 Å². The van der Waals surface area contributed by atoms with Crippen LogP contribution >= 0.6 is 23.2 Å². The Morgan fingerprint density at radius 2 is 1.29 bits per heavy atom. The lowest BCUT2D eigenvalue weighted by atomic mass is 10.0. The van der Waals surface area contributed by atoms with Crippen molar-refractivity contribution >= 4 is 23.2 Å². The zero-order chi connectivity index (χ0) is 17.6. The van der Waals surface area contributed by atoms with Crippen LogP contribution in [0.1, 0.15) is 37.5 Å². The van der Waals surface area contributed by atoms with Gasteiger partial charge in [0.15, 0.2) is 34.5 Å². The molecule has 0 bridgehead atoms. The summed E-state index contributed by atoms with van der Waals surface area (Å²) in [5.74, 6) is 1.45. The average Bonchev–Trinajstić information content (AvgIpc) is 2.57. The lowest BCUT2D eigenvalue weighted by Crippen LogP contribution is -2.07. The molecule has 0 unspecified atom stereocenters. The molecule has 2 aromatic carbocycles. The van der Waals surface area contributed by atoms with Crippen LogP contribution in [-0.4, -0.2) is 10.2 Å². The molecule has 2 N–H and O–H groups in total.